The standard InChI is InChI=1S/C19H22N2O4/c1-24-16-7-9-17(10-8-16)25-14-19(23)21(12-11-18(20)22)13-15-5-3-2-4-6-15/h2-10H,11-14H2,1H3,(H2,20,22). The Morgan fingerprint density at radius 3 is 2.24 bits per heavy atom. The third-order valence-electron chi connectivity index (χ3n) is 3.62. The van der Waals surface area contributed by atoms with Gasteiger partial charge in [0.15, 0.2) is 6.61 Å². The van der Waals surface area contributed by atoms with Crippen LogP contribution in [0.25, 0.3) is 0 Å². The van der Waals surface area contributed by atoms with Crippen LogP contribution in [0.2, 0.25) is 0 Å². The number of nitrogens with two attached hydrogens (primary N) is 1. The lowest BCUT2D eigenvalue weighted by Gasteiger charge is -2.22. The number of benzene rings is 2. The summed E-state index contributed by atoms with van der Waals surface area (Å²) < 4.78 is 10.6. The maximum atomic E-state index is 12.5. The van der Waals surface area contributed by atoms with E-state index in [1.807, 2.05) is 30.3 Å². The number of hydrogen-bond acceptors (Lipinski definition) is 4. The van der Waals surface area contributed by atoms with Crippen molar-refractivity contribution in [3.8, 4) is 11.5 Å². The van der Waals surface area contributed by atoms with Crippen molar-refractivity contribution in [2.75, 3.05) is 20.3 Å². The highest BCUT2D eigenvalue weighted by Gasteiger charge is 2.15. The van der Waals surface area contributed by atoms with E-state index in [2.05, 4.69) is 0 Å². The van der Waals surface area contributed by atoms with E-state index in [-0.39, 0.29) is 25.5 Å². The monoisotopic (exact) mass is 342 g/mol. The minimum Gasteiger partial charge on any atom is -0.497 e. The zero-order chi connectivity index (χ0) is 18.1. The molecule has 2 rings (SSSR count). The molecule has 0 radical (unpaired) electrons. The fraction of sp³-hybridized carbons (Fsp3) is 0.263. The quantitative estimate of drug-likeness (QED) is 0.755. The van der Waals surface area contributed by atoms with Crippen molar-refractivity contribution in [2.45, 2.75) is 13.0 Å². The predicted molar refractivity (Wildman–Crippen MR) is 94.2 cm³/mol. The molecule has 0 aliphatic heterocycles. The van der Waals surface area contributed by atoms with Crippen molar-refractivity contribution in [2.24, 2.45) is 5.73 Å². The maximum absolute atomic E-state index is 12.5. The molecular formula is C19H22N2O4. The second kappa shape index (κ2) is 9.32. The van der Waals surface area contributed by atoms with Crippen molar-refractivity contribution in [3.05, 3.63) is 60.2 Å². The number of primary amides is 1. The first-order valence-corrected chi connectivity index (χ1v) is 7.95. The van der Waals surface area contributed by atoms with Crippen molar-refractivity contribution in [3.63, 3.8) is 0 Å². The average molecular weight is 342 g/mol. The average Bonchev–Trinajstić information content (AvgIpc) is 2.64. The summed E-state index contributed by atoms with van der Waals surface area (Å²) in [5.74, 6) is 0.636. The molecule has 0 aromatic heterocycles. The van der Waals surface area contributed by atoms with E-state index in [1.165, 1.54) is 0 Å². The molecule has 0 saturated carbocycles. The first kappa shape index (κ1) is 18.3. The molecule has 6 heteroatoms. The number of hydrogen-bond donors (Lipinski definition) is 1. The number of carbonyl (C=O) groups excluding carboxylic acids is 2. The summed E-state index contributed by atoms with van der Waals surface area (Å²) in [4.78, 5) is 25.1. The van der Waals surface area contributed by atoms with E-state index in [9.17, 15) is 9.59 Å². The number of amides is 2. The largest absolute Gasteiger partial charge is 0.497 e. The van der Waals surface area contributed by atoms with Crippen LogP contribution in [0, 0.1) is 0 Å². The van der Waals surface area contributed by atoms with Crippen molar-refractivity contribution < 1.29 is 19.1 Å². The lowest BCUT2D eigenvalue weighted by atomic mass is 10.2. The van der Waals surface area contributed by atoms with Gasteiger partial charge >= 0.3 is 0 Å². The third-order valence-corrected chi connectivity index (χ3v) is 3.62. The SMILES string of the molecule is COc1ccc(OCC(=O)N(CCC(N)=O)Cc2ccccc2)cc1. The van der Waals surface area contributed by atoms with Gasteiger partial charge in [0.1, 0.15) is 11.5 Å². The van der Waals surface area contributed by atoms with Crippen LogP contribution in [0.3, 0.4) is 0 Å². The lowest BCUT2D eigenvalue weighted by molar-refractivity contribution is -0.134. The summed E-state index contributed by atoms with van der Waals surface area (Å²) in [5.41, 5.74) is 6.18. The molecule has 25 heavy (non-hydrogen) atoms. The van der Waals surface area contributed by atoms with E-state index in [0.717, 1.165) is 5.56 Å². The topological polar surface area (TPSA) is 81.9 Å². The Kier molecular flexibility index (Phi) is 6.83. The molecule has 0 unspecified atom stereocenters. The molecule has 2 N–H and O–H groups in total. The summed E-state index contributed by atoms with van der Waals surface area (Å²) in [5, 5.41) is 0. The van der Waals surface area contributed by atoms with Gasteiger partial charge in [0.05, 0.1) is 7.11 Å². The summed E-state index contributed by atoms with van der Waals surface area (Å²) in [7, 11) is 1.58. The van der Waals surface area contributed by atoms with E-state index in [4.69, 9.17) is 15.2 Å². The predicted octanol–water partition coefficient (Wildman–Crippen LogP) is 1.98. The lowest BCUT2D eigenvalue weighted by Crippen LogP contribution is -2.36. The maximum Gasteiger partial charge on any atom is 0.260 e. The molecule has 2 aromatic rings. The zero-order valence-electron chi connectivity index (χ0n) is 14.2. The van der Waals surface area contributed by atoms with Crippen LogP contribution in [-0.2, 0) is 16.1 Å². The van der Waals surface area contributed by atoms with Gasteiger partial charge in [-0.2, -0.15) is 0 Å². The minimum atomic E-state index is -0.443. The Balaban J connectivity index is 1.96. The van der Waals surface area contributed by atoms with Gasteiger partial charge in [0.2, 0.25) is 5.91 Å². The molecule has 0 bridgehead atoms. The zero-order valence-corrected chi connectivity index (χ0v) is 14.2. The van der Waals surface area contributed by atoms with Crippen LogP contribution in [-0.4, -0.2) is 37.0 Å². The second-order valence-corrected chi connectivity index (χ2v) is 5.48. The molecule has 0 saturated heterocycles. The van der Waals surface area contributed by atoms with Crippen molar-refractivity contribution >= 4 is 11.8 Å². The van der Waals surface area contributed by atoms with Gasteiger partial charge in [-0.25, -0.2) is 0 Å². The van der Waals surface area contributed by atoms with Gasteiger partial charge in [-0.15, -0.1) is 0 Å². The normalized spacial score (nSPS) is 10.1. The second-order valence-electron chi connectivity index (χ2n) is 5.48. The minimum absolute atomic E-state index is 0.112. The van der Waals surface area contributed by atoms with Crippen LogP contribution in [0.15, 0.2) is 54.6 Å². The molecule has 2 aromatic carbocycles. The van der Waals surface area contributed by atoms with E-state index in [1.54, 1.807) is 36.3 Å². The molecule has 0 aliphatic carbocycles. The highest BCUT2D eigenvalue weighted by Crippen LogP contribution is 2.17. The molecule has 0 spiro atoms. The van der Waals surface area contributed by atoms with Crippen molar-refractivity contribution in [1.29, 1.82) is 0 Å². The third kappa shape index (κ3) is 6.18. The first-order chi connectivity index (χ1) is 12.1. The Hall–Kier alpha value is -3.02. The van der Waals surface area contributed by atoms with E-state index < -0.39 is 5.91 Å². The molecule has 0 aliphatic rings. The highest BCUT2D eigenvalue weighted by molar-refractivity contribution is 5.79. The Morgan fingerprint density at radius 1 is 1.00 bits per heavy atom. The van der Waals surface area contributed by atoms with Gasteiger partial charge in [0.25, 0.3) is 5.91 Å². The molecular weight excluding hydrogens is 320 g/mol. The van der Waals surface area contributed by atoms with Crippen LogP contribution < -0.4 is 15.2 Å². The van der Waals surface area contributed by atoms with E-state index >= 15 is 0 Å². The number of carbonyl (C=O) groups is 2. The van der Waals surface area contributed by atoms with Gasteiger partial charge in [0, 0.05) is 19.5 Å². The summed E-state index contributed by atoms with van der Waals surface area (Å²) in [6.07, 6.45) is 0.112. The molecule has 0 heterocycles. The van der Waals surface area contributed by atoms with E-state index in [0.29, 0.717) is 18.0 Å². The number of methoxy groups -OCH3 is 1. The fourth-order valence-electron chi connectivity index (χ4n) is 2.25. The first-order valence-electron chi connectivity index (χ1n) is 7.95. The van der Waals surface area contributed by atoms with Crippen LogP contribution in [0.1, 0.15) is 12.0 Å². The molecule has 6 nitrogen and oxygen atoms in total. The summed E-state index contributed by atoms with van der Waals surface area (Å²) >= 11 is 0. The molecule has 132 valence electrons. The van der Waals surface area contributed by atoms with Crippen molar-refractivity contribution in [1.82, 2.24) is 4.90 Å². The van der Waals surface area contributed by atoms with Gasteiger partial charge < -0.3 is 20.1 Å². The summed E-state index contributed by atoms with van der Waals surface area (Å²) in [6, 6.07) is 16.5. The molecule has 0 atom stereocenters. The number of nitrogens with zero attached hydrogens (tertiary/aromatic N) is 1. The number of rotatable bonds is 9. The number of ether oxygens (including phenoxy) is 2. The highest BCUT2D eigenvalue weighted by atomic mass is 16.5. The van der Waals surface area contributed by atoms with Gasteiger partial charge in [-0.1, -0.05) is 30.3 Å². The van der Waals surface area contributed by atoms with Gasteiger partial charge in [-0.05, 0) is 29.8 Å². The van der Waals surface area contributed by atoms with Gasteiger partial charge in [-0.3, -0.25) is 9.59 Å². The Morgan fingerprint density at radius 2 is 1.64 bits per heavy atom. The smallest absolute Gasteiger partial charge is 0.260 e. The Bertz CT molecular complexity index is 686. The van der Waals surface area contributed by atoms with Crippen LogP contribution in [0.4, 0.5) is 0 Å². The van der Waals surface area contributed by atoms with Crippen LogP contribution >= 0.6 is 0 Å². The van der Waals surface area contributed by atoms with Crippen LogP contribution in [0.5, 0.6) is 11.5 Å². The fourth-order valence-corrected chi connectivity index (χ4v) is 2.25. The Labute approximate surface area is 147 Å². The molecule has 0 fully saturated rings. The molecule has 2 amide bonds. The summed E-state index contributed by atoms with van der Waals surface area (Å²) in [6.45, 7) is 0.548.